The molecule has 2 aromatic rings. The molecule has 0 spiro atoms. The Morgan fingerprint density at radius 2 is 2.21 bits per heavy atom. The van der Waals surface area contributed by atoms with Gasteiger partial charge in [-0.15, -0.1) is 0 Å². The lowest BCUT2D eigenvalue weighted by Crippen LogP contribution is -2.08. The van der Waals surface area contributed by atoms with Crippen molar-refractivity contribution in [3.8, 4) is 0 Å². The number of allylic oxidation sites excluding steroid dienone is 1. The molecule has 0 saturated carbocycles. The average Bonchev–Trinajstić information content (AvgIpc) is 2.43. The number of hydrogen-bond acceptors (Lipinski definition) is 3. The van der Waals surface area contributed by atoms with Gasteiger partial charge in [0.1, 0.15) is 5.56 Å². The average molecular weight is 256 g/mol. The quantitative estimate of drug-likeness (QED) is 0.636. The number of carbonyl (C=O) groups is 1. The molecule has 0 unspecified atom stereocenters. The van der Waals surface area contributed by atoms with Crippen LogP contribution in [-0.4, -0.2) is 22.6 Å². The summed E-state index contributed by atoms with van der Waals surface area (Å²) in [5.41, 5.74) is 1.64. The normalized spacial score (nSPS) is 11.0. The topological polar surface area (TPSA) is 62.2 Å². The lowest BCUT2D eigenvalue weighted by atomic mass is 10.1. The summed E-state index contributed by atoms with van der Waals surface area (Å²) in [6.45, 7) is 2.66. The van der Waals surface area contributed by atoms with Gasteiger partial charge in [-0.2, -0.15) is 0 Å². The van der Waals surface area contributed by atoms with Crippen molar-refractivity contribution in [3.63, 3.8) is 0 Å². The van der Waals surface area contributed by atoms with Gasteiger partial charge in [-0.05, 0) is 19.4 Å². The number of aromatic carboxylic acids is 1. The number of anilines is 1. The van der Waals surface area contributed by atoms with Crippen LogP contribution in [0.5, 0.6) is 0 Å². The van der Waals surface area contributed by atoms with Gasteiger partial charge < -0.3 is 10.4 Å². The van der Waals surface area contributed by atoms with Crippen LogP contribution in [0.25, 0.3) is 10.9 Å². The molecule has 4 nitrogen and oxygen atoms in total. The predicted octanol–water partition coefficient (Wildman–Crippen LogP) is 3.31. The molecule has 0 fully saturated rings. The van der Waals surface area contributed by atoms with Gasteiger partial charge in [0.2, 0.25) is 0 Å². The zero-order chi connectivity index (χ0) is 13.7. The lowest BCUT2D eigenvalue weighted by molar-refractivity contribution is 0.0697. The van der Waals surface area contributed by atoms with E-state index in [0.29, 0.717) is 12.2 Å². The second-order valence-electron chi connectivity index (χ2n) is 4.15. The molecule has 1 heterocycles. The van der Waals surface area contributed by atoms with Crippen LogP contribution in [-0.2, 0) is 0 Å². The maximum atomic E-state index is 11.3. The number of para-hydroxylation sites is 1. The molecular formula is C15H16N2O2. The third kappa shape index (κ3) is 2.91. The molecular weight excluding hydrogens is 240 g/mol. The van der Waals surface area contributed by atoms with Gasteiger partial charge in [0.15, 0.2) is 0 Å². The monoisotopic (exact) mass is 256 g/mol. The van der Waals surface area contributed by atoms with Gasteiger partial charge in [-0.25, -0.2) is 4.79 Å². The first-order valence-electron chi connectivity index (χ1n) is 6.20. The summed E-state index contributed by atoms with van der Waals surface area (Å²) < 4.78 is 0. The molecule has 2 N–H and O–H groups in total. The van der Waals surface area contributed by atoms with E-state index in [1.807, 2.05) is 43.3 Å². The van der Waals surface area contributed by atoms with Crippen molar-refractivity contribution in [1.82, 2.24) is 4.98 Å². The van der Waals surface area contributed by atoms with Crippen LogP contribution >= 0.6 is 0 Å². The first-order valence-corrected chi connectivity index (χ1v) is 6.20. The van der Waals surface area contributed by atoms with Gasteiger partial charge in [-0.1, -0.05) is 30.4 Å². The molecule has 0 aliphatic heterocycles. The van der Waals surface area contributed by atoms with E-state index in [2.05, 4.69) is 10.3 Å². The van der Waals surface area contributed by atoms with E-state index in [1.54, 1.807) is 0 Å². The second kappa shape index (κ2) is 6.00. The van der Waals surface area contributed by atoms with Gasteiger partial charge >= 0.3 is 5.97 Å². The number of rotatable bonds is 5. The number of fused-ring (bicyclic) bond motifs is 1. The van der Waals surface area contributed by atoms with Crippen LogP contribution in [0.4, 0.5) is 5.69 Å². The molecule has 2 rings (SSSR count). The zero-order valence-electron chi connectivity index (χ0n) is 10.8. The molecule has 0 bridgehead atoms. The number of hydrogen-bond donors (Lipinski definition) is 2. The van der Waals surface area contributed by atoms with Crippen LogP contribution in [0.3, 0.4) is 0 Å². The summed E-state index contributed by atoms with van der Waals surface area (Å²) in [4.78, 5) is 15.4. The Kier molecular flexibility index (Phi) is 4.13. The highest BCUT2D eigenvalue weighted by Crippen LogP contribution is 2.25. The fourth-order valence-electron chi connectivity index (χ4n) is 1.94. The van der Waals surface area contributed by atoms with Crippen molar-refractivity contribution >= 4 is 22.6 Å². The molecule has 19 heavy (non-hydrogen) atoms. The Morgan fingerprint density at radius 1 is 1.42 bits per heavy atom. The van der Waals surface area contributed by atoms with Gasteiger partial charge in [-0.3, -0.25) is 4.98 Å². The fraction of sp³-hybridized carbons (Fsp3) is 0.200. The van der Waals surface area contributed by atoms with Gasteiger partial charge in [0, 0.05) is 18.1 Å². The van der Waals surface area contributed by atoms with Gasteiger partial charge in [0.05, 0.1) is 11.2 Å². The van der Waals surface area contributed by atoms with Crippen LogP contribution < -0.4 is 5.32 Å². The summed E-state index contributed by atoms with van der Waals surface area (Å²) in [5.74, 6) is -0.966. The molecule has 0 amide bonds. The Balaban J connectivity index is 2.41. The van der Waals surface area contributed by atoms with Crippen LogP contribution in [0.1, 0.15) is 23.7 Å². The highest BCUT2D eigenvalue weighted by atomic mass is 16.4. The van der Waals surface area contributed by atoms with Crippen molar-refractivity contribution in [1.29, 1.82) is 0 Å². The Hall–Kier alpha value is -2.36. The predicted molar refractivity (Wildman–Crippen MR) is 76.6 cm³/mol. The van der Waals surface area contributed by atoms with Crippen molar-refractivity contribution in [2.45, 2.75) is 13.3 Å². The third-order valence-electron chi connectivity index (χ3n) is 2.85. The van der Waals surface area contributed by atoms with Crippen molar-refractivity contribution < 1.29 is 9.90 Å². The number of nitrogens with one attached hydrogen (secondary N) is 1. The molecule has 0 aliphatic carbocycles. The van der Waals surface area contributed by atoms with E-state index in [1.165, 1.54) is 6.20 Å². The third-order valence-corrected chi connectivity index (χ3v) is 2.85. The number of aromatic nitrogens is 1. The SMILES string of the molecule is C/C=C/CCNc1c(C(=O)O)cnc2ccccc12. The minimum atomic E-state index is -0.966. The molecule has 4 heteroatoms. The number of pyridine rings is 1. The van der Waals surface area contributed by atoms with Crippen molar-refractivity contribution in [3.05, 3.63) is 48.2 Å². The minimum Gasteiger partial charge on any atom is -0.478 e. The molecule has 0 aliphatic rings. The Bertz CT molecular complexity index is 621. The fourth-order valence-corrected chi connectivity index (χ4v) is 1.94. The molecule has 0 radical (unpaired) electrons. The van der Waals surface area contributed by atoms with Crippen LogP contribution in [0.15, 0.2) is 42.6 Å². The summed E-state index contributed by atoms with van der Waals surface area (Å²) >= 11 is 0. The summed E-state index contributed by atoms with van der Waals surface area (Å²) in [6.07, 6.45) is 6.27. The number of carboxylic acid groups (broad SMARTS) is 1. The molecule has 98 valence electrons. The summed E-state index contributed by atoms with van der Waals surface area (Å²) in [7, 11) is 0. The largest absolute Gasteiger partial charge is 0.478 e. The molecule has 1 aromatic carbocycles. The number of nitrogens with zero attached hydrogens (tertiary/aromatic N) is 1. The van der Waals surface area contributed by atoms with Crippen molar-refractivity contribution in [2.75, 3.05) is 11.9 Å². The standard InChI is InChI=1S/C15H16N2O2/c1-2-3-6-9-16-14-11-7-4-5-8-13(11)17-10-12(14)15(18)19/h2-5,7-8,10H,6,9H2,1H3,(H,16,17)(H,18,19)/b3-2+. The number of carboxylic acids is 1. The zero-order valence-corrected chi connectivity index (χ0v) is 10.8. The second-order valence-corrected chi connectivity index (χ2v) is 4.15. The highest BCUT2D eigenvalue weighted by Gasteiger charge is 2.13. The minimum absolute atomic E-state index is 0.208. The molecule has 1 aromatic heterocycles. The van der Waals surface area contributed by atoms with E-state index in [0.717, 1.165) is 17.3 Å². The van der Waals surface area contributed by atoms with E-state index >= 15 is 0 Å². The lowest BCUT2D eigenvalue weighted by Gasteiger charge is -2.11. The highest BCUT2D eigenvalue weighted by molar-refractivity contribution is 6.04. The Morgan fingerprint density at radius 3 is 2.95 bits per heavy atom. The van der Waals surface area contributed by atoms with Crippen LogP contribution in [0, 0.1) is 0 Å². The summed E-state index contributed by atoms with van der Waals surface area (Å²) in [5, 5.41) is 13.3. The maximum Gasteiger partial charge on any atom is 0.339 e. The van der Waals surface area contributed by atoms with Gasteiger partial charge in [0.25, 0.3) is 0 Å². The Labute approximate surface area is 111 Å². The molecule has 0 saturated heterocycles. The first-order chi connectivity index (χ1) is 9.24. The van der Waals surface area contributed by atoms with E-state index in [4.69, 9.17) is 0 Å². The van der Waals surface area contributed by atoms with E-state index in [-0.39, 0.29) is 5.56 Å². The van der Waals surface area contributed by atoms with Crippen LogP contribution in [0.2, 0.25) is 0 Å². The first kappa shape index (κ1) is 13.1. The summed E-state index contributed by atoms with van der Waals surface area (Å²) in [6, 6.07) is 7.52. The molecule has 0 atom stereocenters. The smallest absolute Gasteiger partial charge is 0.339 e. The number of benzene rings is 1. The maximum absolute atomic E-state index is 11.3. The van der Waals surface area contributed by atoms with E-state index in [9.17, 15) is 9.90 Å². The van der Waals surface area contributed by atoms with Crippen molar-refractivity contribution in [2.24, 2.45) is 0 Å². The van der Waals surface area contributed by atoms with E-state index < -0.39 is 5.97 Å².